The van der Waals surface area contributed by atoms with E-state index in [9.17, 15) is 39.3 Å². The van der Waals surface area contributed by atoms with E-state index in [1.807, 2.05) is 12.1 Å². The van der Waals surface area contributed by atoms with Crippen LogP contribution in [0.15, 0.2) is 48.5 Å². The fourth-order valence-corrected chi connectivity index (χ4v) is 6.54. The van der Waals surface area contributed by atoms with Crippen LogP contribution in [0.1, 0.15) is 31.1 Å². The third kappa shape index (κ3) is 12.4. The molecular formula is C31H39B10N5O10. The molecule has 2 aliphatic heterocycles. The first-order valence-electron chi connectivity index (χ1n) is 18.2. The summed E-state index contributed by atoms with van der Waals surface area (Å²) in [5.74, 6) is -2.09. The molecule has 15 nitrogen and oxygen atoms in total. The molecule has 278 valence electrons. The van der Waals surface area contributed by atoms with Gasteiger partial charge in [0.2, 0.25) is 24.0 Å². The number of anilines is 2. The minimum atomic E-state index is -1.80. The Balaban J connectivity index is 1.26. The number of aliphatic hydroxyl groups excluding tert-OH is 3. The van der Waals surface area contributed by atoms with Gasteiger partial charge in [0.25, 0.3) is 5.91 Å². The molecule has 2 heterocycles. The second kappa shape index (κ2) is 20.6. The highest BCUT2D eigenvalue weighted by Crippen LogP contribution is 2.43. The van der Waals surface area contributed by atoms with Crippen LogP contribution in [0.3, 0.4) is 0 Å². The number of Topliss-reactive ketones (excluding diaryl/α,β-unsaturated/α-hetero) is 1. The highest BCUT2D eigenvalue weighted by atomic mass is 16.7. The quantitative estimate of drug-likeness (QED) is 0.0639. The largest absolute Gasteiger partial charge is 0.462 e. The first-order chi connectivity index (χ1) is 26.5. The molecule has 0 bridgehead atoms. The van der Waals surface area contributed by atoms with Crippen molar-refractivity contribution in [3.8, 4) is 5.75 Å². The number of carbonyl (C=O) groups is 5. The van der Waals surface area contributed by atoms with Crippen molar-refractivity contribution in [2.24, 2.45) is 0 Å². The lowest BCUT2D eigenvalue weighted by atomic mass is 8.57. The van der Waals surface area contributed by atoms with Crippen LogP contribution in [0.25, 0.3) is 0 Å². The summed E-state index contributed by atoms with van der Waals surface area (Å²) < 4.78 is 11.4. The van der Waals surface area contributed by atoms with E-state index in [4.69, 9.17) is 48.2 Å². The van der Waals surface area contributed by atoms with Crippen LogP contribution in [0.4, 0.5) is 11.4 Å². The van der Waals surface area contributed by atoms with E-state index in [1.165, 1.54) is 38.2 Å². The first-order valence-corrected chi connectivity index (χ1v) is 18.2. The maximum Gasteiger partial charge on any atom is 0.256 e. The normalized spacial score (nSPS) is 21.8. The van der Waals surface area contributed by atoms with Gasteiger partial charge >= 0.3 is 0 Å². The zero-order valence-electron chi connectivity index (χ0n) is 31.2. The predicted octanol–water partition coefficient (Wildman–Crippen LogP) is -4.61. The zero-order valence-corrected chi connectivity index (χ0v) is 31.2. The molecule has 2 saturated heterocycles. The van der Waals surface area contributed by atoms with E-state index < -0.39 is 73.6 Å². The van der Waals surface area contributed by atoms with Gasteiger partial charge in [-0.2, -0.15) is 0 Å². The van der Waals surface area contributed by atoms with Crippen LogP contribution >= 0.6 is 0 Å². The van der Waals surface area contributed by atoms with Gasteiger partial charge in [-0.3, -0.25) is 24.0 Å². The molecule has 2 aromatic rings. The van der Waals surface area contributed by atoms with Gasteiger partial charge in [0.15, 0.2) is 6.10 Å². The minimum Gasteiger partial charge on any atom is -0.462 e. The van der Waals surface area contributed by atoms with Crippen LogP contribution in [-0.4, -0.2) is 172 Å². The van der Waals surface area contributed by atoms with E-state index in [1.54, 1.807) is 12.1 Å². The minimum absolute atomic E-state index is 0.00277. The Labute approximate surface area is 334 Å². The predicted molar refractivity (Wildman–Crippen MR) is 221 cm³/mol. The molecule has 2 aromatic carbocycles. The second-order valence-corrected chi connectivity index (χ2v) is 14.1. The van der Waals surface area contributed by atoms with Gasteiger partial charge in [-0.1, -0.05) is 29.8 Å². The molecule has 2 aliphatic rings. The molecule has 0 saturated carbocycles. The van der Waals surface area contributed by atoms with Crippen molar-refractivity contribution in [3.63, 3.8) is 0 Å². The van der Waals surface area contributed by atoms with Crippen molar-refractivity contribution >= 4 is 112 Å². The highest BCUT2D eigenvalue weighted by Gasteiger charge is 2.51. The lowest BCUT2D eigenvalue weighted by Crippen LogP contribution is -2.63. The Hall–Kier alpha value is -3.76. The van der Waals surface area contributed by atoms with Crippen molar-refractivity contribution < 1.29 is 48.8 Å². The summed E-state index contributed by atoms with van der Waals surface area (Å²) in [7, 11) is 31.3. The average molecular weight is 750 g/mol. The van der Waals surface area contributed by atoms with E-state index in [-0.39, 0.29) is 67.9 Å². The van der Waals surface area contributed by atoms with Gasteiger partial charge in [0.1, 0.15) is 29.8 Å². The van der Waals surface area contributed by atoms with Crippen LogP contribution in [-0.2, 0) is 28.7 Å². The molecule has 25 heteroatoms. The molecule has 56 heavy (non-hydrogen) atoms. The number of hydrogen-bond donors (Lipinski definition) is 8. The van der Waals surface area contributed by atoms with Crippen LogP contribution in [0.5, 0.6) is 5.75 Å². The molecule has 8 N–H and O–H groups in total. The SMILES string of the molecule is [B]B([B])B([B])B(B([B])[B])B1CC1c1ccc(OC2OC(C(=O)Nc3ccc(NC(=O)CNC(=O)C(CCC(=O)NCC(C)=O)NC)cc3)C(O)C(O)C2O)cc1. The smallest absolute Gasteiger partial charge is 0.256 e. The third-order valence-electron chi connectivity index (χ3n) is 9.77. The standard InChI is InChI=1S/C31H39B10N5O10/c1-16(47)14-43-23(48)12-11-22(42-2)29(53)44-15-24(49)45-18-5-7-19(8-6-18)46-30(54)28-26(51)25(50)27(52)31(56-28)55-20-9-3-17(4-10-20)21-13-37(21)41(39(34)35)40(36)38(32)33/h3-10,21-22,25-28,31,42,50-52H,11-15H2,1-2H3,(H,43,48)(H,44,53)(H,45,49)(H,46,54). The number of benzene rings is 2. The lowest BCUT2D eigenvalue weighted by molar-refractivity contribution is -0.265. The number of nitrogens with one attached hydrogen (secondary N) is 5. The maximum atomic E-state index is 13.2. The Morgan fingerprint density at radius 3 is 2.04 bits per heavy atom. The van der Waals surface area contributed by atoms with Gasteiger partial charge in [-0.25, -0.2) is 0 Å². The molecule has 7 unspecified atom stereocenters. The molecule has 0 aliphatic carbocycles. The number of hydrogen-bond acceptors (Lipinski definition) is 11. The van der Waals surface area contributed by atoms with Crippen molar-refractivity contribution in [1.82, 2.24) is 16.0 Å². The molecular weight excluding hydrogens is 710 g/mol. The van der Waals surface area contributed by atoms with Crippen molar-refractivity contribution in [1.29, 1.82) is 0 Å². The van der Waals surface area contributed by atoms with Crippen molar-refractivity contribution in [2.45, 2.75) is 68.7 Å². The topological polar surface area (TPSA) is 225 Å². The summed E-state index contributed by atoms with van der Waals surface area (Å²) >= 11 is 0. The Morgan fingerprint density at radius 2 is 1.46 bits per heavy atom. The monoisotopic (exact) mass is 751 g/mol. The molecule has 10 radical (unpaired) electrons. The van der Waals surface area contributed by atoms with Gasteiger partial charge < -0.3 is 51.4 Å². The zero-order chi connectivity index (χ0) is 41.3. The van der Waals surface area contributed by atoms with Crippen LogP contribution in [0, 0.1) is 0 Å². The highest BCUT2D eigenvalue weighted by molar-refractivity contribution is 8.01. The van der Waals surface area contributed by atoms with Crippen molar-refractivity contribution in [2.75, 3.05) is 30.8 Å². The number of ketones is 1. The second-order valence-electron chi connectivity index (χ2n) is 14.1. The molecule has 0 aromatic heterocycles. The number of carbonyl (C=O) groups excluding carboxylic acids is 5. The Bertz CT molecular complexity index is 1690. The first kappa shape index (κ1) is 44.9. The van der Waals surface area contributed by atoms with E-state index >= 15 is 0 Å². The maximum absolute atomic E-state index is 13.2. The fourth-order valence-electron chi connectivity index (χ4n) is 6.54. The summed E-state index contributed by atoms with van der Waals surface area (Å²) in [5.41, 5.74) is 1.55. The Morgan fingerprint density at radius 1 is 0.839 bits per heavy atom. The number of likely N-dealkylation sites (N-methyl/N-ethyl adjacent to an activating group) is 1. The number of ether oxygens (including phenoxy) is 2. The van der Waals surface area contributed by atoms with Gasteiger partial charge in [-0.05, 0) is 56.8 Å². The number of amides is 4. The molecule has 4 rings (SSSR count). The average Bonchev–Trinajstić information content (AvgIpc) is 3.94. The molecule has 4 amide bonds. The van der Waals surface area contributed by atoms with Crippen LogP contribution in [0.2, 0.25) is 6.32 Å². The molecule has 0 spiro atoms. The van der Waals surface area contributed by atoms with E-state index in [0.29, 0.717) is 5.69 Å². The number of aliphatic hydroxyl groups is 3. The summed E-state index contributed by atoms with van der Waals surface area (Å²) in [6.45, 7) is 0.964. The summed E-state index contributed by atoms with van der Waals surface area (Å²) in [6.07, 6.45) is -9.87. The fraction of sp³-hybridized carbons (Fsp3) is 0.452. The molecule has 2 fully saturated rings. The van der Waals surface area contributed by atoms with Crippen LogP contribution < -0.4 is 31.3 Å². The third-order valence-corrected chi connectivity index (χ3v) is 9.77. The van der Waals surface area contributed by atoms with Crippen molar-refractivity contribution in [3.05, 3.63) is 54.1 Å². The van der Waals surface area contributed by atoms with E-state index in [0.717, 1.165) is 11.9 Å². The summed E-state index contributed by atoms with van der Waals surface area (Å²) in [6, 6.07) is 12.0. The van der Waals surface area contributed by atoms with Gasteiger partial charge in [0.05, 0.1) is 25.7 Å². The van der Waals surface area contributed by atoms with Gasteiger partial charge in [0, 0.05) is 82.0 Å². The number of rotatable bonds is 19. The molecule has 7 atom stereocenters. The summed E-state index contributed by atoms with van der Waals surface area (Å²) in [4.78, 5) is 61.1. The van der Waals surface area contributed by atoms with Gasteiger partial charge in [-0.15, -0.1) is 0 Å². The Kier molecular flexibility index (Phi) is 16.5. The lowest BCUT2D eigenvalue weighted by Gasteiger charge is -2.39. The van der Waals surface area contributed by atoms with E-state index in [2.05, 4.69) is 26.6 Å². The summed E-state index contributed by atoms with van der Waals surface area (Å²) in [5, 5.41) is 44.7.